The highest BCUT2D eigenvalue weighted by molar-refractivity contribution is 7.21. The first-order valence-electron chi connectivity index (χ1n) is 12.3. The Morgan fingerprint density at radius 1 is 1.13 bits per heavy atom. The van der Waals surface area contributed by atoms with Crippen LogP contribution in [0.5, 0.6) is 0 Å². The number of aryl methyl sites for hydroxylation is 2. The van der Waals surface area contributed by atoms with E-state index < -0.39 is 0 Å². The topological polar surface area (TPSA) is 126 Å². The molecule has 196 valence electrons. The molecule has 13 heteroatoms. The molecule has 1 unspecified atom stereocenters. The summed E-state index contributed by atoms with van der Waals surface area (Å²) in [7, 11) is 3.81. The van der Waals surface area contributed by atoms with E-state index in [1.807, 2.05) is 44.3 Å². The predicted molar refractivity (Wildman–Crippen MR) is 142 cm³/mol. The highest BCUT2D eigenvalue weighted by atomic mass is 32.1. The van der Waals surface area contributed by atoms with Crippen LogP contribution in [0.15, 0.2) is 54.7 Å². The van der Waals surface area contributed by atoms with Gasteiger partial charge in [-0.2, -0.15) is 15.3 Å². The molecule has 0 bridgehead atoms. The molecule has 4 aromatic heterocycles. The maximum Gasteiger partial charge on any atom is 0.260 e. The third-order valence-corrected chi connectivity index (χ3v) is 7.97. The third kappa shape index (κ3) is 4.61. The number of nitrogens with zero attached hydrogens (tertiary/aromatic N) is 7. The van der Waals surface area contributed by atoms with E-state index in [1.165, 1.54) is 17.0 Å². The standard InChI is InChI=1S/C25H28N10O2S/c1-15-20(31-24(37)19-10-29-35-13-22(38-25(19)35)17-8-27-32(2)11-17)6-18(9-26-15)30-23(36)14-34-5-4-21-16(12-34)7-28-33(21)3/h6-11,13,15,26H,4-5,12,14H2,1-3H3,(H,30,36)(H,31,37). The minimum absolute atomic E-state index is 0.110. The lowest BCUT2D eigenvalue weighted by Crippen LogP contribution is -2.42. The lowest BCUT2D eigenvalue weighted by Gasteiger charge is -2.27. The molecule has 38 heavy (non-hydrogen) atoms. The highest BCUT2D eigenvalue weighted by Gasteiger charge is 2.23. The van der Waals surface area contributed by atoms with Gasteiger partial charge in [0, 0.05) is 74.7 Å². The molecule has 4 aromatic rings. The number of fused-ring (bicyclic) bond motifs is 2. The summed E-state index contributed by atoms with van der Waals surface area (Å²) in [5.74, 6) is -0.366. The van der Waals surface area contributed by atoms with Crippen LogP contribution in [0.3, 0.4) is 0 Å². The molecule has 12 nitrogen and oxygen atoms in total. The Morgan fingerprint density at radius 3 is 2.82 bits per heavy atom. The quantitative estimate of drug-likeness (QED) is 0.340. The summed E-state index contributed by atoms with van der Waals surface area (Å²) in [4.78, 5) is 29.8. The van der Waals surface area contributed by atoms with Gasteiger partial charge in [-0.25, -0.2) is 4.52 Å². The Kier molecular flexibility index (Phi) is 6.08. The number of nitrogens with one attached hydrogen (secondary N) is 3. The van der Waals surface area contributed by atoms with E-state index in [0.717, 1.165) is 33.8 Å². The van der Waals surface area contributed by atoms with Crippen molar-refractivity contribution in [3.63, 3.8) is 0 Å². The van der Waals surface area contributed by atoms with Gasteiger partial charge < -0.3 is 16.0 Å². The number of rotatable bonds is 6. The van der Waals surface area contributed by atoms with Crippen molar-refractivity contribution in [1.82, 2.24) is 50.0 Å². The summed E-state index contributed by atoms with van der Waals surface area (Å²) in [5, 5.41) is 22.1. The van der Waals surface area contributed by atoms with Gasteiger partial charge in [-0.05, 0) is 13.0 Å². The molecule has 0 fully saturated rings. The largest absolute Gasteiger partial charge is 0.381 e. The van der Waals surface area contributed by atoms with E-state index in [2.05, 4.69) is 36.1 Å². The van der Waals surface area contributed by atoms with Crippen LogP contribution < -0.4 is 16.0 Å². The minimum atomic E-state index is -0.257. The zero-order chi connectivity index (χ0) is 26.4. The van der Waals surface area contributed by atoms with Gasteiger partial charge in [0.25, 0.3) is 5.91 Å². The molecule has 2 aliphatic heterocycles. The van der Waals surface area contributed by atoms with Gasteiger partial charge in [0.05, 0.1) is 47.3 Å². The summed E-state index contributed by atoms with van der Waals surface area (Å²) in [6.45, 7) is 3.73. The number of amides is 2. The molecule has 0 saturated heterocycles. The van der Waals surface area contributed by atoms with Crippen LogP contribution in [0.4, 0.5) is 0 Å². The molecule has 0 radical (unpaired) electrons. The average molecular weight is 533 g/mol. The molecular formula is C25H28N10O2S. The molecule has 6 heterocycles. The van der Waals surface area contributed by atoms with Crippen molar-refractivity contribution in [1.29, 1.82) is 0 Å². The van der Waals surface area contributed by atoms with Gasteiger partial charge in [0.1, 0.15) is 4.83 Å². The molecule has 2 amide bonds. The predicted octanol–water partition coefficient (Wildman–Crippen LogP) is 1.15. The van der Waals surface area contributed by atoms with Crippen LogP contribution in [0.25, 0.3) is 15.3 Å². The van der Waals surface area contributed by atoms with Crippen molar-refractivity contribution in [3.05, 3.63) is 71.5 Å². The number of carbonyl (C=O) groups is 2. The number of allylic oxidation sites excluding steroid dienone is 1. The molecule has 6 rings (SSSR count). The van der Waals surface area contributed by atoms with Crippen LogP contribution in [0, 0.1) is 0 Å². The van der Waals surface area contributed by atoms with Crippen molar-refractivity contribution in [2.45, 2.75) is 25.9 Å². The Balaban J connectivity index is 1.11. The Labute approximate surface area is 222 Å². The fraction of sp³-hybridized carbons (Fsp3) is 0.320. The first-order chi connectivity index (χ1) is 18.3. The normalized spacial score (nSPS) is 17.5. The molecule has 0 saturated carbocycles. The second kappa shape index (κ2) is 9.58. The lowest BCUT2D eigenvalue weighted by atomic mass is 10.1. The van der Waals surface area contributed by atoms with E-state index >= 15 is 0 Å². The summed E-state index contributed by atoms with van der Waals surface area (Å²) in [6, 6.07) is -0.133. The van der Waals surface area contributed by atoms with Crippen LogP contribution in [-0.2, 0) is 31.9 Å². The van der Waals surface area contributed by atoms with Gasteiger partial charge >= 0.3 is 0 Å². The van der Waals surface area contributed by atoms with Crippen molar-refractivity contribution in [2.24, 2.45) is 14.1 Å². The number of aromatic nitrogens is 6. The fourth-order valence-corrected chi connectivity index (χ4v) is 5.80. The molecule has 2 aliphatic rings. The summed E-state index contributed by atoms with van der Waals surface area (Å²) in [6.07, 6.45) is 13.5. The fourth-order valence-electron chi connectivity index (χ4n) is 4.76. The number of hydrogen-bond donors (Lipinski definition) is 3. The first kappa shape index (κ1) is 24.1. The van der Waals surface area contributed by atoms with Gasteiger partial charge in [-0.15, -0.1) is 11.3 Å². The number of dihydropyridines is 1. The molecule has 1 atom stereocenters. The maximum absolute atomic E-state index is 13.2. The SMILES string of the molecule is CC1NC=C(NC(=O)CN2CCc3c(cnn3C)C2)C=C1NC(=O)c1cnn2cc(-c3cnn(C)c3)sc12. The lowest BCUT2D eigenvalue weighted by molar-refractivity contribution is -0.121. The zero-order valence-corrected chi connectivity index (χ0v) is 22.1. The van der Waals surface area contributed by atoms with E-state index in [4.69, 9.17) is 0 Å². The van der Waals surface area contributed by atoms with Gasteiger partial charge in [0.2, 0.25) is 5.91 Å². The van der Waals surface area contributed by atoms with Crippen molar-refractivity contribution < 1.29 is 9.59 Å². The van der Waals surface area contributed by atoms with Crippen LogP contribution in [0.2, 0.25) is 0 Å². The second-order valence-corrected chi connectivity index (χ2v) is 10.6. The summed E-state index contributed by atoms with van der Waals surface area (Å²) in [5.41, 5.74) is 5.10. The number of hydrogen-bond acceptors (Lipinski definition) is 8. The van der Waals surface area contributed by atoms with E-state index in [-0.39, 0.29) is 24.4 Å². The number of thiazole rings is 1. The van der Waals surface area contributed by atoms with Gasteiger partial charge in [-0.3, -0.25) is 23.9 Å². The van der Waals surface area contributed by atoms with E-state index in [0.29, 0.717) is 23.5 Å². The van der Waals surface area contributed by atoms with Crippen LogP contribution in [0.1, 0.15) is 28.5 Å². The monoisotopic (exact) mass is 532 g/mol. The Bertz CT molecular complexity index is 1600. The maximum atomic E-state index is 13.2. The summed E-state index contributed by atoms with van der Waals surface area (Å²) >= 11 is 1.48. The second-order valence-electron chi connectivity index (χ2n) is 9.60. The average Bonchev–Trinajstić information content (AvgIpc) is 3.65. The van der Waals surface area contributed by atoms with Crippen LogP contribution in [-0.4, -0.2) is 65.0 Å². The number of carbonyl (C=O) groups excluding carboxylic acids is 2. The zero-order valence-electron chi connectivity index (χ0n) is 21.3. The van der Waals surface area contributed by atoms with Crippen LogP contribution >= 0.6 is 11.3 Å². The molecule has 3 N–H and O–H groups in total. The summed E-state index contributed by atoms with van der Waals surface area (Å²) < 4.78 is 5.35. The molecule has 0 aliphatic carbocycles. The van der Waals surface area contributed by atoms with Crippen molar-refractivity contribution in [2.75, 3.05) is 13.1 Å². The first-order valence-corrected chi connectivity index (χ1v) is 13.1. The minimum Gasteiger partial charge on any atom is -0.381 e. The van der Waals surface area contributed by atoms with Crippen molar-refractivity contribution in [3.8, 4) is 10.4 Å². The molecule has 0 spiro atoms. The smallest absolute Gasteiger partial charge is 0.260 e. The highest BCUT2D eigenvalue weighted by Crippen LogP contribution is 2.30. The van der Waals surface area contributed by atoms with Crippen molar-refractivity contribution >= 4 is 28.0 Å². The van der Waals surface area contributed by atoms with Gasteiger partial charge in [0.15, 0.2) is 0 Å². The Hall–Kier alpha value is -4.23. The Morgan fingerprint density at radius 2 is 2.00 bits per heavy atom. The van der Waals surface area contributed by atoms with E-state index in [9.17, 15) is 9.59 Å². The van der Waals surface area contributed by atoms with E-state index in [1.54, 1.807) is 33.9 Å². The third-order valence-electron chi connectivity index (χ3n) is 6.81. The van der Waals surface area contributed by atoms with Gasteiger partial charge in [-0.1, -0.05) is 0 Å². The molecule has 0 aromatic carbocycles. The molecular weight excluding hydrogens is 504 g/mol.